The summed E-state index contributed by atoms with van der Waals surface area (Å²) in [6.45, 7) is 4.05. The maximum Gasteiger partial charge on any atom is 0.227 e. The van der Waals surface area contributed by atoms with Gasteiger partial charge in [0.15, 0.2) is 0 Å². The van der Waals surface area contributed by atoms with Gasteiger partial charge in [0.2, 0.25) is 5.91 Å². The van der Waals surface area contributed by atoms with Crippen molar-refractivity contribution >= 4 is 5.91 Å². The lowest BCUT2D eigenvalue weighted by atomic mass is 10.1. The zero-order chi connectivity index (χ0) is 12.0. The van der Waals surface area contributed by atoms with Crippen LogP contribution in [0.5, 0.6) is 0 Å². The third-order valence-corrected chi connectivity index (χ3v) is 3.16. The number of likely N-dealkylation sites (tertiary alicyclic amines) is 2. The van der Waals surface area contributed by atoms with Crippen LogP contribution in [0.2, 0.25) is 0 Å². The van der Waals surface area contributed by atoms with E-state index in [2.05, 4.69) is 17.3 Å². The first kappa shape index (κ1) is 13.5. The van der Waals surface area contributed by atoms with Crippen molar-refractivity contribution in [1.82, 2.24) is 15.1 Å². The molecule has 2 saturated heterocycles. The summed E-state index contributed by atoms with van der Waals surface area (Å²) < 4.78 is 0. The molecule has 0 radical (unpaired) electrons. The minimum atomic E-state index is 0.295. The molecule has 1 N–H and O–H groups in total. The van der Waals surface area contributed by atoms with E-state index < -0.39 is 0 Å². The largest absolute Gasteiger partial charge is 0.342 e. The van der Waals surface area contributed by atoms with Crippen molar-refractivity contribution in [3.05, 3.63) is 0 Å². The number of rotatable bonds is 1. The van der Waals surface area contributed by atoms with Gasteiger partial charge in [-0.3, -0.25) is 4.79 Å². The molecule has 0 spiro atoms. The van der Waals surface area contributed by atoms with Crippen LogP contribution in [0, 0.1) is 5.92 Å². The molecule has 2 rings (SSSR count). The molecular weight excluding hydrogens is 202 g/mol. The van der Waals surface area contributed by atoms with E-state index in [0.29, 0.717) is 11.8 Å². The normalized spacial score (nSPS) is 25.4. The third kappa shape index (κ3) is 3.76. The lowest BCUT2D eigenvalue weighted by Crippen LogP contribution is -2.34. The number of amides is 1. The number of carbonyl (C=O) groups is 1. The van der Waals surface area contributed by atoms with Crippen molar-refractivity contribution in [2.75, 3.05) is 47.3 Å². The predicted octanol–water partition coefficient (Wildman–Crippen LogP) is 0.396. The summed E-state index contributed by atoms with van der Waals surface area (Å²) in [7, 11) is 5.84. The Bertz CT molecular complexity index is 214. The summed E-state index contributed by atoms with van der Waals surface area (Å²) in [5.41, 5.74) is 0. The van der Waals surface area contributed by atoms with Crippen LogP contribution in [-0.2, 0) is 4.79 Å². The van der Waals surface area contributed by atoms with Gasteiger partial charge in [0.1, 0.15) is 0 Å². The van der Waals surface area contributed by atoms with E-state index in [0.717, 1.165) is 32.6 Å². The average Bonchev–Trinajstić information content (AvgIpc) is 2.88. The quantitative estimate of drug-likeness (QED) is 0.704. The fourth-order valence-corrected chi connectivity index (χ4v) is 2.33. The maximum absolute atomic E-state index is 11.9. The Morgan fingerprint density at radius 3 is 2.19 bits per heavy atom. The average molecular weight is 227 g/mol. The Labute approximate surface area is 99.0 Å². The summed E-state index contributed by atoms with van der Waals surface area (Å²) in [4.78, 5) is 16.2. The van der Waals surface area contributed by atoms with Crippen molar-refractivity contribution in [1.29, 1.82) is 0 Å². The highest BCUT2D eigenvalue weighted by Crippen LogP contribution is 2.19. The van der Waals surface area contributed by atoms with Crippen LogP contribution in [0.3, 0.4) is 0 Å². The van der Waals surface area contributed by atoms with Crippen LogP contribution in [-0.4, -0.2) is 63.0 Å². The van der Waals surface area contributed by atoms with Gasteiger partial charge < -0.3 is 15.1 Å². The second-order valence-corrected chi connectivity index (χ2v) is 4.78. The fourth-order valence-electron chi connectivity index (χ4n) is 2.33. The van der Waals surface area contributed by atoms with Crippen molar-refractivity contribution in [2.45, 2.75) is 19.3 Å². The zero-order valence-electron chi connectivity index (χ0n) is 10.8. The number of nitrogens with zero attached hydrogens (tertiary/aromatic N) is 2. The van der Waals surface area contributed by atoms with Gasteiger partial charge in [-0.1, -0.05) is 0 Å². The lowest BCUT2D eigenvalue weighted by Gasteiger charge is -2.19. The Morgan fingerprint density at radius 2 is 1.75 bits per heavy atom. The van der Waals surface area contributed by atoms with E-state index in [-0.39, 0.29) is 0 Å². The van der Waals surface area contributed by atoms with E-state index in [1.54, 1.807) is 0 Å². The van der Waals surface area contributed by atoms with Crippen molar-refractivity contribution < 1.29 is 4.79 Å². The van der Waals surface area contributed by atoms with Crippen LogP contribution < -0.4 is 5.32 Å². The minimum Gasteiger partial charge on any atom is -0.342 e. The summed E-state index contributed by atoms with van der Waals surface area (Å²) >= 11 is 0. The molecule has 1 atom stereocenters. The highest BCUT2D eigenvalue weighted by Gasteiger charge is 2.30. The SMILES string of the molecule is CN1CC[C@@H](C(=O)N2CCCC2)C1.CNC. The zero-order valence-corrected chi connectivity index (χ0v) is 10.8. The second-order valence-electron chi connectivity index (χ2n) is 4.78. The van der Waals surface area contributed by atoms with E-state index in [1.807, 2.05) is 19.0 Å². The van der Waals surface area contributed by atoms with Crippen molar-refractivity contribution in [3.63, 3.8) is 0 Å². The van der Waals surface area contributed by atoms with Gasteiger partial charge in [-0.2, -0.15) is 0 Å². The highest BCUT2D eigenvalue weighted by molar-refractivity contribution is 5.79. The molecule has 2 heterocycles. The minimum absolute atomic E-state index is 0.295. The molecule has 0 aromatic rings. The Morgan fingerprint density at radius 1 is 1.19 bits per heavy atom. The predicted molar refractivity (Wildman–Crippen MR) is 66.4 cm³/mol. The van der Waals surface area contributed by atoms with Gasteiger partial charge >= 0.3 is 0 Å². The monoisotopic (exact) mass is 227 g/mol. The molecule has 4 nitrogen and oxygen atoms in total. The van der Waals surface area contributed by atoms with Crippen molar-refractivity contribution in [2.24, 2.45) is 5.92 Å². The number of nitrogens with one attached hydrogen (secondary N) is 1. The molecule has 2 fully saturated rings. The van der Waals surface area contributed by atoms with E-state index in [9.17, 15) is 4.79 Å². The molecule has 0 aliphatic carbocycles. The van der Waals surface area contributed by atoms with Gasteiger partial charge in [-0.15, -0.1) is 0 Å². The summed E-state index contributed by atoms with van der Waals surface area (Å²) in [5.74, 6) is 0.699. The van der Waals surface area contributed by atoms with Crippen LogP contribution in [0.4, 0.5) is 0 Å². The Kier molecular flexibility index (Phi) is 5.77. The number of hydrogen-bond acceptors (Lipinski definition) is 3. The molecule has 2 aliphatic rings. The first-order valence-electron chi connectivity index (χ1n) is 6.25. The van der Waals surface area contributed by atoms with Gasteiger partial charge in [0.05, 0.1) is 5.92 Å². The molecule has 0 aromatic carbocycles. The maximum atomic E-state index is 11.9. The fraction of sp³-hybridized carbons (Fsp3) is 0.917. The van der Waals surface area contributed by atoms with Gasteiger partial charge in [0, 0.05) is 19.6 Å². The number of hydrogen-bond donors (Lipinski definition) is 1. The van der Waals surface area contributed by atoms with Crippen LogP contribution >= 0.6 is 0 Å². The summed E-state index contributed by atoms with van der Waals surface area (Å²) in [5, 5.41) is 2.75. The van der Waals surface area contributed by atoms with Gasteiger partial charge in [0.25, 0.3) is 0 Å². The molecule has 0 bridgehead atoms. The smallest absolute Gasteiger partial charge is 0.227 e. The molecular formula is C12H25N3O. The topological polar surface area (TPSA) is 35.6 Å². The summed E-state index contributed by atoms with van der Waals surface area (Å²) in [6.07, 6.45) is 3.47. The number of carbonyl (C=O) groups excluding carboxylic acids is 1. The first-order valence-corrected chi connectivity index (χ1v) is 6.25. The van der Waals surface area contributed by atoms with Gasteiger partial charge in [-0.25, -0.2) is 0 Å². The molecule has 0 aromatic heterocycles. The molecule has 1 amide bonds. The first-order chi connectivity index (χ1) is 7.69. The van der Waals surface area contributed by atoms with Crippen molar-refractivity contribution in [3.8, 4) is 0 Å². The van der Waals surface area contributed by atoms with E-state index in [4.69, 9.17) is 0 Å². The standard InChI is InChI=1S/C10H18N2O.C2H7N/c1-11-7-4-9(8-11)10(13)12-5-2-3-6-12;1-3-2/h9H,2-8H2,1H3;3H,1-2H3/t9-;/m1./s1. The van der Waals surface area contributed by atoms with E-state index in [1.165, 1.54) is 12.8 Å². The van der Waals surface area contributed by atoms with Crippen LogP contribution in [0.25, 0.3) is 0 Å². The molecule has 2 aliphatic heterocycles. The lowest BCUT2D eigenvalue weighted by molar-refractivity contribution is -0.133. The molecule has 0 unspecified atom stereocenters. The molecule has 4 heteroatoms. The van der Waals surface area contributed by atoms with Gasteiger partial charge in [-0.05, 0) is 47.0 Å². The Hall–Kier alpha value is -0.610. The van der Waals surface area contributed by atoms with Crippen LogP contribution in [0.15, 0.2) is 0 Å². The molecule has 0 saturated carbocycles. The van der Waals surface area contributed by atoms with Crippen LogP contribution in [0.1, 0.15) is 19.3 Å². The highest BCUT2D eigenvalue weighted by atomic mass is 16.2. The molecule has 94 valence electrons. The summed E-state index contributed by atoms with van der Waals surface area (Å²) in [6, 6.07) is 0. The van der Waals surface area contributed by atoms with E-state index >= 15 is 0 Å². The second kappa shape index (κ2) is 6.86. The third-order valence-electron chi connectivity index (χ3n) is 3.16. The molecule has 16 heavy (non-hydrogen) atoms. The Balaban J connectivity index is 0.000000386.